The molecule has 18 heavy (non-hydrogen) atoms. The van der Waals surface area contributed by atoms with Crippen molar-refractivity contribution in [3.8, 4) is 0 Å². The maximum absolute atomic E-state index is 5.65. The Morgan fingerprint density at radius 3 is 2.11 bits per heavy atom. The monoisotopic (exact) mass is 277 g/mol. The molecule has 0 spiro atoms. The van der Waals surface area contributed by atoms with E-state index in [-0.39, 0.29) is 15.4 Å². The summed E-state index contributed by atoms with van der Waals surface area (Å²) < 4.78 is 16.8. The first kappa shape index (κ1) is 18.1. The zero-order valence-electron chi connectivity index (χ0n) is 12.6. The molecule has 0 heterocycles. The van der Waals surface area contributed by atoms with Crippen molar-refractivity contribution in [3.05, 3.63) is 0 Å². The first-order valence-corrected chi connectivity index (χ1v) is 9.13. The maximum atomic E-state index is 5.65. The summed E-state index contributed by atoms with van der Waals surface area (Å²) in [5.74, 6) is 0.0998. The van der Waals surface area contributed by atoms with E-state index in [0.717, 1.165) is 46.1 Å². The number of rotatable bonds is 13. The smallest absolute Gasteiger partial charge is 0.134 e. The van der Waals surface area contributed by atoms with Gasteiger partial charge in [0.25, 0.3) is 0 Å². The summed E-state index contributed by atoms with van der Waals surface area (Å²) in [5.41, 5.74) is 0. The third-order valence-corrected chi connectivity index (χ3v) is 4.70. The van der Waals surface area contributed by atoms with Gasteiger partial charge in [-0.3, -0.25) is 4.90 Å². The molecule has 0 aromatic heterocycles. The van der Waals surface area contributed by atoms with E-state index in [1.807, 2.05) is 13.8 Å². The van der Waals surface area contributed by atoms with Gasteiger partial charge in [0.05, 0.1) is 16.3 Å². The van der Waals surface area contributed by atoms with Gasteiger partial charge < -0.3 is 14.2 Å². The van der Waals surface area contributed by atoms with Gasteiger partial charge in [0.15, 0.2) is 0 Å². The minimum absolute atomic E-state index is 0.0998. The van der Waals surface area contributed by atoms with Crippen molar-refractivity contribution in [1.29, 1.82) is 0 Å². The Morgan fingerprint density at radius 1 is 1.00 bits per heavy atom. The van der Waals surface area contributed by atoms with E-state index in [9.17, 15) is 0 Å². The largest absolute Gasteiger partial charge is 0.366 e. The quantitative estimate of drug-likeness (QED) is 0.291. The molecule has 4 nitrogen and oxygen atoms in total. The zero-order chi connectivity index (χ0) is 13.6. The van der Waals surface area contributed by atoms with E-state index >= 15 is 0 Å². The van der Waals surface area contributed by atoms with Crippen LogP contribution < -0.4 is 0 Å². The molecule has 0 aromatic carbocycles. The molecule has 0 saturated heterocycles. The van der Waals surface area contributed by atoms with Gasteiger partial charge in [0, 0.05) is 19.8 Å². The third kappa shape index (κ3) is 10.0. The number of nitrogens with zero attached hydrogens (tertiary/aromatic N) is 1. The molecule has 5 heteroatoms. The molecule has 0 aliphatic carbocycles. The predicted molar refractivity (Wildman–Crippen MR) is 78.7 cm³/mol. The van der Waals surface area contributed by atoms with Crippen LogP contribution in [0.3, 0.4) is 0 Å². The van der Waals surface area contributed by atoms with Gasteiger partial charge in [-0.05, 0) is 33.4 Å². The Kier molecular flexibility index (Phi) is 13.5. The Bertz CT molecular complexity index is 162. The molecule has 0 saturated carbocycles. The third-order valence-electron chi connectivity index (χ3n) is 2.85. The summed E-state index contributed by atoms with van der Waals surface area (Å²) in [6.07, 6.45) is 1.13. The first-order chi connectivity index (χ1) is 8.78. The number of ether oxygens (including phenoxy) is 3. The Hall–Kier alpha value is 0.0569. The van der Waals surface area contributed by atoms with Crippen molar-refractivity contribution in [3.63, 3.8) is 0 Å². The van der Waals surface area contributed by atoms with Crippen LogP contribution in [0.2, 0.25) is 6.04 Å². The molecule has 0 fully saturated rings. The topological polar surface area (TPSA) is 30.9 Å². The molecule has 0 aliphatic heterocycles. The van der Waals surface area contributed by atoms with Crippen LogP contribution in [0, 0.1) is 0 Å². The molecule has 0 radical (unpaired) electrons. The van der Waals surface area contributed by atoms with Crippen molar-refractivity contribution in [1.82, 2.24) is 4.90 Å². The van der Waals surface area contributed by atoms with Crippen LogP contribution in [0.1, 0.15) is 34.1 Å². The highest BCUT2D eigenvalue weighted by atomic mass is 28.2. The molecular formula is C13H31NO3Si. The highest BCUT2D eigenvalue weighted by molar-refractivity contribution is 6.36. The Balaban J connectivity index is 3.42. The summed E-state index contributed by atoms with van der Waals surface area (Å²) in [6, 6.07) is 1.23. The van der Waals surface area contributed by atoms with Gasteiger partial charge in [0.2, 0.25) is 0 Å². The fourth-order valence-electron chi connectivity index (χ4n) is 1.70. The lowest BCUT2D eigenvalue weighted by molar-refractivity contribution is -0.0828. The van der Waals surface area contributed by atoms with Crippen LogP contribution in [0.25, 0.3) is 0 Å². The Morgan fingerprint density at radius 2 is 1.61 bits per heavy atom. The summed E-state index contributed by atoms with van der Waals surface area (Å²) >= 11 is 0. The standard InChI is InChI=1S/C13H31NO3Si/c1-5-14(6-2)12-15-10-9-11-18-13(16-7-3)17-8-4/h13H,5-12,18H2,1-4H3. The van der Waals surface area contributed by atoms with Crippen LogP contribution in [-0.2, 0) is 14.2 Å². The maximum Gasteiger partial charge on any atom is 0.134 e. The average Bonchev–Trinajstić information content (AvgIpc) is 2.38. The van der Waals surface area contributed by atoms with Crippen molar-refractivity contribution < 1.29 is 14.2 Å². The van der Waals surface area contributed by atoms with E-state index in [0.29, 0.717) is 0 Å². The second-order valence-corrected chi connectivity index (χ2v) is 6.13. The first-order valence-electron chi connectivity index (χ1n) is 7.31. The molecule has 0 amide bonds. The predicted octanol–water partition coefficient (Wildman–Crippen LogP) is 1.64. The summed E-state index contributed by atoms with van der Waals surface area (Å²) in [7, 11) is -0.293. The normalized spacial score (nSPS) is 12.3. The Labute approximate surface area is 115 Å². The molecule has 0 rings (SSSR count). The van der Waals surface area contributed by atoms with E-state index in [1.54, 1.807) is 0 Å². The highest BCUT2D eigenvalue weighted by Gasteiger charge is 2.07. The van der Waals surface area contributed by atoms with E-state index in [4.69, 9.17) is 14.2 Å². The second-order valence-electron chi connectivity index (χ2n) is 4.18. The molecule has 0 aliphatic rings. The van der Waals surface area contributed by atoms with Crippen molar-refractivity contribution in [2.75, 3.05) is 39.6 Å². The van der Waals surface area contributed by atoms with Crippen LogP contribution in [0.5, 0.6) is 0 Å². The SMILES string of the molecule is CCOC(OCC)[SiH2]CCCOCN(CC)CC. The summed E-state index contributed by atoms with van der Waals surface area (Å²) in [6.45, 7) is 13.6. The van der Waals surface area contributed by atoms with E-state index < -0.39 is 0 Å². The average molecular weight is 277 g/mol. The van der Waals surface area contributed by atoms with Gasteiger partial charge in [-0.15, -0.1) is 0 Å². The van der Waals surface area contributed by atoms with Gasteiger partial charge in [-0.25, -0.2) is 0 Å². The second kappa shape index (κ2) is 13.5. The van der Waals surface area contributed by atoms with Crippen molar-refractivity contribution in [2.45, 2.75) is 46.1 Å². The van der Waals surface area contributed by atoms with Gasteiger partial charge in [-0.2, -0.15) is 0 Å². The molecular weight excluding hydrogens is 246 g/mol. The molecule has 0 unspecified atom stereocenters. The molecule has 0 atom stereocenters. The summed E-state index contributed by atoms with van der Waals surface area (Å²) in [5, 5.41) is 0. The lowest BCUT2D eigenvalue weighted by Crippen LogP contribution is -2.26. The fraction of sp³-hybridized carbons (Fsp3) is 1.00. The van der Waals surface area contributed by atoms with Crippen LogP contribution in [0.4, 0.5) is 0 Å². The molecule has 0 N–H and O–H groups in total. The highest BCUT2D eigenvalue weighted by Crippen LogP contribution is 2.00. The summed E-state index contributed by atoms with van der Waals surface area (Å²) in [4.78, 5) is 2.28. The lowest BCUT2D eigenvalue weighted by atomic mass is 10.5. The minimum Gasteiger partial charge on any atom is -0.366 e. The van der Waals surface area contributed by atoms with Crippen molar-refractivity contribution in [2.24, 2.45) is 0 Å². The van der Waals surface area contributed by atoms with Crippen LogP contribution >= 0.6 is 0 Å². The molecule has 0 bridgehead atoms. The molecule has 0 aromatic rings. The molecule has 110 valence electrons. The van der Waals surface area contributed by atoms with Crippen molar-refractivity contribution >= 4 is 9.52 Å². The zero-order valence-corrected chi connectivity index (χ0v) is 14.0. The minimum atomic E-state index is -0.293. The number of hydrogen-bond donors (Lipinski definition) is 0. The van der Waals surface area contributed by atoms with E-state index in [1.165, 1.54) is 6.04 Å². The van der Waals surface area contributed by atoms with E-state index in [2.05, 4.69) is 18.7 Å². The van der Waals surface area contributed by atoms with Gasteiger partial charge in [0.1, 0.15) is 5.91 Å². The van der Waals surface area contributed by atoms with Crippen LogP contribution in [-0.4, -0.2) is 60.0 Å². The lowest BCUT2D eigenvalue weighted by Gasteiger charge is -2.18. The van der Waals surface area contributed by atoms with Gasteiger partial charge in [-0.1, -0.05) is 19.9 Å². The van der Waals surface area contributed by atoms with Crippen LogP contribution in [0.15, 0.2) is 0 Å². The fourth-order valence-corrected chi connectivity index (χ4v) is 3.33. The van der Waals surface area contributed by atoms with Gasteiger partial charge >= 0.3 is 0 Å². The number of hydrogen-bond acceptors (Lipinski definition) is 4.